The van der Waals surface area contributed by atoms with Crippen LogP contribution in [0.1, 0.15) is 25.0 Å². The number of benzene rings is 1. The summed E-state index contributed by atoms with van der Waals surface area (Å²) in [5.74, 6) is -0.0759. The molecule has 2 N–H and O–H groups in total. The van der Waals surface area contributed by atoms with Gasteiger partial charge in [0.2, 0.25) is 5.91 Å². The van der Waals surface area contributed by atoms with Crippen LogP contribution < -0.4 is 5.73 Å². The third-order valence-corrected chi connectivity index (χ3v) is 3.61. The third-order valence-electron chi connectivity index (χ3n) is 3.61. The van der Waals surface area contributed by atoms with E-state index in [0.717, 1.165) is 11.1 Å². The summed E-state index contributed by atoms with van der Waals surface area (Å²) < 4.78 is 0. The van der Waals surface area contributed by atoms with E-state index >= 15 is 0 Å². The number of pyridine rings is 1. The van der Waals surface area contributed by atoms with E-state index in [1.165, 1.54) is 0 Å². The van der Waals surface area contributed by atoms with Crippen LogP contribution in [-0.4, -0.2) is 22.3 Å². The van der Waals surface area contributed by atoms with E-state index in [4.69, 9.17) is 5.73 Å². The van der Waals surface area contributed by atoms with Gasteiger partial charge in [0, 0.05) is 25.5 Å². The van der Waals surface area contributed by atoms with Crippen LogP contribution in [0.3, 0.4) is 0 Å². The summed E-state index contributed by atoms with van der Waals surface area (Å²) in [7, 11) is 0. The fraction of sp³-hybridized carbons (Fsp3) is 0.294. The fourth-order valence-corrected chi connectivity index (χ4v) is 2.27. The van der Waals surface area contributed by atoms with Gasteiger partial charge in [0.05, 0.1) is 0 Å². The number of amides is 1. The first-order valence-electron chi connectivity index (χ1n) is 7.08. The van der Waals surface area contributed by atoms with Gasteiger partial charge in [-0.3, -0.25) is 9.78 Å². The van der Waals surface area contributed by atoms with Crippen molar-refractivity contribution in [2.45, 2.75) is 25.9 Å². The van der Waals surface area contributed by atoms with Crippen LogP contribution in [-0.2, 0) is 16.9 Å². The Bertz CT molecular complexity index is 587. The summed E-state index contributed by atoms with van der Waals surface area (Å²) in [6, 6.07) is 13.3. The highest BCUT2D eigenvalue weighted by Gasteiger charge is 2.33. The molecular formula is C17H22ClN3O. The number of halogens is 1. The Balaban J connectivity index is 0.00000242. The minimum Gasteiger partial charge on any atom is -0.337 e. The van der Waals surface area contributed by atoms with Crippen molar-refractivity contribution in [2.75, 3.05) is 6.54 Å². The van der Waals surface area contributed by atoms with Crippen LogP contribution in [0.2, 0.25) is 0 Å². The SMILES string of the molecule is CCN(Cc1ccncc1)C(=O)C(C)(N)c1ccccc1.Cl. The molecule has 1 aromatic heterocycles. The van der Waals surface area contributed by atoms with Crippen LogP contribution in [0.4, 0.5) is 0 Å². The minimum absolute atomic E-state index is 0. The highest BCUT2D eigenvalue weighted by atomic mass is 35.5. The van der Waals surface area contributed by atoms with Gasteiger partial charge in [0.25, 0.3) is 0 Å². The number of hydrogen-bond donors (Lipinski definition) is 1. The second-order valence-corrected chi connectivity index (χ2v) is 5.24. The zero-order valence-corrected chi connectivity index (χ0v) is 13.7. The maximum Gasteiger partial charge on any atom is 0.247 e. The summed E-state index contributed by atoms with van der Waals surface area (Å²) >= 11 is 0. The van der Waals surface area contributed by atoms with E-state index in [1.807, 2.05) is 49.4 Å². The number of nitrogens with zero attached hydrogens (tertiary/aromatic N) is 2. The van der Waals surface area contributed by atoms with E-state index in [9.17, 15) is 4.79 Å². The summed E-state index contributed by atoms with van der Waals surface area (Å²) in [5.41, 5.74) is 7.15. The molecule has 2 rings (SSSR count). The standard InChI is InChI=1S/C17H21N3O.ClH/c1-3-20(13-14-9-11-19-12-10-14)16(21)17(2,18)15-7-5-4-6-8-15;/h4-12H,3,13,18H2,1-2H3;1H. The zero-order valence-electron chi connectivity index (χ0n) is 12.9. The Morgan fingerprint density at radius 1 is 1.18 bits per heavy atom. The molecule has 0 bridgehead atoms. The first kappa shape index (κ1) is 18.1. The van der Waals surface area contributed by atoms with E-state index in [2.05, 4.69) is 4.98 Å². The second-order valence-electron chi connectivity index (χ2n) is 5.24. The first-order valence-corrected chi connectivity index (χ1v) is 7.08. The topological polar surface area (TPSA) is 59.2 Å². The molecule has 22 heavy (non-hydrogen) atoms. The normalized spacial score (nSPS) is 12.9. The molecule has 0 aliphatic rings. The molecule has 5 heteroatoms. The molecule has 118 valence electrons. The zero-order chi connectivity index (χ0) is 15.3. The van der Waals surface area contributed by atoms with Gasteiger partial charge in [0.15, 0.2) is 0 Å². The molecule has 1 aromatic carbocycles. The molecule has 0 saturated carbocycles. The van der Waals surface area contributed by atoms with Gasteiger partial charge in [-0.15, -0.1) is 12.4 Å². The molecule has 0 aliphatic heterocycles. The van der Waals surface area contributed by atoms with Gasteiger partial charge in [-0.1, -0.05) is 30.3 Å². The van der Waals surface area contributed by atoms with E-state index in [1.54, 1.807) is 24.2 Å². The van der Waals surface area contributed by atoms with Gasteiger partial charge in [-0.25, -0.2) is 0 Å². The molecule has 0 radical (unpaired) electrons. The lowest BCUT2D eigenvalue weighted by Crippen LogP contribution is -2.50. The van der Waals surface area contributed by atoms with Crippen molar-refractivity contribution in [3.63, 3.8) is 0 Å². The lowest BCUT2D eigenvalue weighted by Gasteiger charge is -2.31. The molecule has 0 fully saturated rings. The Kier molecular flexibility index (Phi) is 6.53. The molecule has 4 nitrogen and oxygen atoms in total. The van der Waals surface area contributed by atoms with Gasteiger partial charge >= 0.3 is 0 Å². The summed E-state index contributed by atoms with van der Waals surface area (Å²) in [5, 5.41) is 0. The Morgan fingerprint density at radius 2 is 1.77 bits per heavy atom. The van der Waals surface area contributed by atoms with Gasteiger partial charge < -0.3 is 10.6 Å². The van der Waals surface area contributed by atoms with Gasteiger partial charge in [-0.05, 0) is 37.1 Å². The molecule has 1 atom stereocenters. The molecule has 1 heterocycles. The Labute approximate surface area is 137 Å². The van der Waals surface area contributed by atoms with E-state index in [0.29, 0.717) is 13.1 Å². The largest absolute Gasteiger partial charge is 0.337 e. The monoisotopic (exact) mass is 319 g/mol. The van der Waals surface area contributed by atoms with Crippen LogP contribution >= 0.6 is 12.4 Å². The van der Waals surface area contributed by atoms with Crippen molar-refractivity contribution in [3.05, 3.63) is 66.0 Å². The number of likely N-dealkylation sites (N-methyl/N-ethyl adjacent to an activating group) is 1. The summed E-state index contributed by atoms with van der Waals surface area (Å²) in [6.45, 7) is 4.87. The minimum atomic E-state index is -1.02. The molecular weight excluding hydrogens is 298 g/mol. The highest BCUT2D eigenvalue weighted by Crippen LogP contribution is 2.21. The van der Waals surface area contributed by atoms with Gasteiger partial charge in [0.1, 0.15) is 5.54 Å². The molecule has 2 aromatic rings. The average molecular weight is 320 g/mol. The van der Waals surface area contributed by atoms with Crippen molar-refractivity contribution in [1.82, 2.24) is 9.88 Å². The van der Waals surface area contributed by atoms with Crippen LogP contribution in [0.5, 0.6) is 0 Å². The molecule has 0 aliphatic carbocycles. The first-order chi connectivity index (χ1) is 10.1. The number of nitrogens with two attached hydrogens (primary N) is 1. The number of carbonyl (C=O) groups excluding carboxylic acids is 1. The Hall–Kier alpha value is -1.91. The fourth-order valence-electron chi connectivity index (χ4n) is 2.27. The van der Waals surface area contributed by atoms with Crippen molar-refractivity contribution in [1.29, 1.82) is 0 Å². The lowest BCUT2D eigenvalue weighted by atomic mass is 9.91. The van der Waals surface area contributed by atoms with Crippen LogP contribution in [0.25, 0.3) is 0 Å². The number of carbonyl (C=O) groups is 1. The number of rotatable bonds is 5. The van der Waals surface area contributed by atoms with Crippen LogP contribution in [0.15, 0.2) is 54.9 Å². The van der Waals surface area contributed by atoms with Crippen molar-refractivity contribution < 1.29 is 4.79 Å². The van der Waals surface area contributed by atoms with E-state index in [-0.39, 0.29) is 18.3 Å². The maximum absolute atomic E-state index is 12.8. The predicted octanol–water partition coefficient (Wildman–Crippen LogP) is 2.73. The average Bonchev–Trinajstić information content (AvgIpc) is 2.53. The van der Waals surface area contributed by atoms with Crippen molar-refractivity contribution in [2.24, 2.45) is 5.73 Å². The number of hydrogen-bond acceptors (Lipinski definition) is 3. The lowest BCUT2D eigenvalue weighted by molar-refractivity contribution is -0.137. The smallest absolute Gasteiger partial charge is 0.247 e. The van der Waals surface area contributed by atoms with Crippen LogP contribution in [0, 0.1) is 0 Å². The number of aromatic nitrogens is 1. The molecule has 0 saturated heterocycles. The van der Waals surface area contributed by atoms with Gasteiger partial charge in [-0.2, -0.15) is 0 Å². The molecule has 1 amide bonds. The third kappa shape index (κ3) is 4.06. The van der Waals surface area contributed by atoms with Crippen molar-refractivity contribution in [3.8, 4) is 0 Å². The predicted molar refractivity (Wildman–Crippen MR) is 90.6 cm³/mol. The summed E-state index contributed by atoms with van der Waals surface area (Å²) in [6.07, 6.45) is 3.46. The quantitative estimate of drug-likeness (QED) is 0.921. The van der Waals surface area contributed by atoms with E-state index < -0.39 is 5.54 Å². The summed E-state index contributed by atoms with van der Waals surface area (Å²) in [4.78, 5) is 18.5. The molecule has 1 unspecified atom stereocenters. The Morgan fingerprint density at radius 3 is 2.32 bits per heavy atom. The highest BCUT2D eigenvalue weighted by molar-refractivity contribution is 5.87. The maximum atomic E-state index is 12.8. The van der Waals surface area contributed by atoms with Crippen molar-refractivity contribution >= 4 is 18.3 Å². The molecule has 0 spiro atoms. The second kappa shape index (κ2) is 7.92.